The minimum Gasteiger partial charge on any atom is -0.474 e. The molecule has 1 aromatic heterocycles. The number of carbonyl (C=O) groups is 2. The van der Waals surface area contributed by atoms with E-state index in [4.69, 9.17) is 4.74 Å². The highest BCUT2D eigenvalue weighted by atomic mass is 16.5. The van der Waals surface area contributed by atoms with Gasteiger partial charge in [0.25, 0.3) is 5.91 Å². The van der Waals surface area contributed by atoms with Crippen molar-refractivity contribution in [1.82, 2.24) is 20.5 Å². The highest BCUT2D eigenvalue weighted by molar-refractivity contribution is 5.93. The Morgan fingerprint density at radius 3 is 2.45 bits per heavy atom. The second kappa shape index (κ2) is 9.91. The minimum atomic E-state index is -0.269. The summed E-state index contributed by atoms with van der Waals surface area (Å²) in [6, 6.07) is 10.7. The molecule has 0 spiro atoms. The molecule has 1 aromatic carbocycles. The molecule has 154 valence electrons. The summed E-state index contributed by atoms with van der Waals surface area (Å²) < 4.78 is 6.00. The van der Waals surface area contributed by atoms with Gasteiger partial charge in [-0.2, -0.15) is 0 Å². The molecular formula is C22H28N4O3. The maximum Gasteiger partial charge on any atom is 0.315 e. The third-order valence-corrected chi connectivity index (χ3v) is 4.93. The van der Waals surface area contributed by atoms with Gasteiger partial charge in [0, 0.05) is 44.5 Å². The van der Waals surface area contributed by atoms with Gasteiger partial charge in [-0.3, -0.25) is 4.79 Å². The predicted octanol–water partition coefficient (Wildman–Crippen LogP) is 3.10. The van der Waals surface area contributed by atoms with E-state index in [9.17, 15) is 9.59 Å². The number of rotatable bonds is 7. The molecule has 1 saturated carbocycles. The summed E-state index contributed by atoms with van der Waals surface area (Å²) in [6.07, 6.45) is 6.43. The number of carbonyl (C=O) groups excluding carboxylic acids is 2. The van der Waals surface area contributed by atoms with Gasteiger partial charge >= 0.3 is 6.03 Å². The average molecular weight is 396 g/mol. The van der Waals surface area contributed by atoms with E-state index in [1.807, 2.05) is 24.3 Å². The lowest BCUT2D eigenvalue weighted by molar-refractivity contribution is 0.0827. The molecule has 7 nitrogen and oxygen atoms in total. The molecule has 0 radical (unpaired) electrons. The maximum atomic E-state index is 12.2. The van der Waals surface area contributed by atoms with Gasteiger partial charge in [0.2, 0.25) is 5.88 Å². The Morgan fingerprint density at radius 2 is 1.76 bits per heavy atom. The van der Waals surface area contributed by atoms with Crippen LogP contribution in [0.1, 0.15) is 47.2 Å². The number of hydrogen-bond donors (Lipinski definition) is 2. The number of amides is 3. The van der Waals surface area contributed by atoms with Crippen LogP contribution in [-0.2, 0) is 13.1 Å². The maximum absolute atomic E-state index is 12.2. The molecule has 0 saturated heterocycles. The summed E-state index contributed by atoms with van der Waals surface area (Å²) in [7, 11) is 3.43. The van der Waals surface area contributed by atoms with Crippen LogP contribution in [0.4, 0.5) is 4.79 Å². The quantitative estimate of drug-likeness (QED) is 0.753. The first-order valence-electron chi connectivity index (χ1n) is 9.96. The first kappa shape index (κ1) is 20.6. The number of urea groups is 1. The van der Waals surface area contributed by atoms with E-state index in [-0.39, 0.29) is 18.0 Å². The van der Waals surface area contributed by atoms with Gasteiger partial charge < -0.3 is 20.3 Å². The monoisotopic (exact) mass is 396 g/mol. The Kier molecular flexibility index (Phi) is 7.05. The number of nitrogens with one attached hydrogen (secondary N) is 2. The second-order valence-corrected chi connectivity index (χ2v) is 7.42. The van der Waals surface area contributed by atoms with Crippen molar-refractivity contribution in [3.05, 3.63) is 59.3 Å². The molecular weight excluding hydrogens is 368 g/mol. The van der Waals surface area contributed by atoms with Gasteiger partial charge in [-0.1, -0.05) is 18.2 Å². The molecule has 0 unspecified atom stereocenters. The fraction of sp³-hybridized carbons (Fsp3) is 0.409. The van der Waals surface area contributed by atoms with Crippen molar-refractivity contribution >= 4 is 11.9 Å². The third-order valence-electron chi connectivity index (χ3n) is 4.93. The van der Waals surface area contributed by atoms with Gasteiger partial charge in [-0.25, -0.2) is 9.78 Å². The van der Waals surface area contributed by atoms with E-state index in [0.29, 0.717) is 24.5 Å². The number of aromatic nitrogens is 1. The van der Waals surface area contributed by atoms with Crippen LogP contribution in [0.25, 0.3) is 0 Å². The number of nitrogens with zero attached hydrogens (tertiary/aromatic N) is 2. The summed E-state index contributed by atoms with van der Waals surface area (Å²) in [6.45, 7) is 0.721. The Balaban J connectivity index is 1.47. The molecule has 1 aliphatic rings. The van der Waals surface area contributed by atoms with E-state index in [0.717, 1.165) is 24.0 Å². The Hall–Kier alpha value is -3.09. The van der Waals surface area contributed by atoms with Crippen LogP contribution < -0.4 is 15.4 Å². The zero-order valence-corrected chi connectivity index (χ0v) is 17.0. The van der Waals surface area contributed by atoms with Crippen LogP contribution >= 0.6 is 0 Å². The smallest absolute Gasteiger partial charge is 0.315 e. The van der Waals surface area contributed by atoms with Gasteiger partial charge in [-0.05, 0) is 49.4 Å². The van der Waals surface area contributed by atoms with Crippen LogP contribution in [0.3, 0.4) is 0 Å². The van der Waals surface area contributed by atoms with E-state index in [1.54, 1.807) is 32.4 Å². The van der Waals surface area contributed by atoms with Crippen LogP contribution in [0.2, 0.25) is 0 Å². The van der Waals surface area contributed by atoms with Crippen molar-refractivity contribution in [3.8, 4) is 5.88 Å². The molecule has 1 heterocycles. The van der Waals surface area contributed by atoms with Gasteiger partial charge in [0.05, 0.1) is 0 Å². The largest absolute Gasteiger partial charge is 0.474 e. The number of benzene rings is 1. The van der Waals surface area contributed by atoms with Crippen LogP contribution in [0.5, 0.6) is 5.88 Å². The lowest BCUT2D eigenvalue weighted by Gasteiger charge is -2.15. The molecule has 3 rings (SSSR count). The average Bonchev–Trinajstić information content (AvgIpc) is 3.24. The van der Waals surface area contributed by atoms with E-state index >= 15 is 0 Å². The third kappa shape index (κ3) is 5.94. The lowest BCUT2D eigenvalue weighted by atomic mass is 10.1. The standard InChI is InChI=1S/C22H28N4O3/c1-26(2)21(27)17-11-9-16(10-12-17)14-24-22(28)25-15-18-6-5-13-23-20(18)29-19-7-3-4-8-19/h5-6,9-13,19H,3-4,7-8,14-15H2,1-2H3,(H2,24,25,28). The van der Waals surface area contributed by atoms with E-state index in [2.05, 4.69) is 15.6 Å². The zero-order valence-electron chi connectivity index (χ0n) is 17.0. The van der Waals surface area contributed by atoms with Crippen molar-refractivity contribution in [2.24, 2.45) is 0 Å². The highest BCUT2D eigenvalue weighted by Crippen LogP contribution is 2.24. The van der Waals surface area contributed by atoms with E-state index < -0.39 is 0 Å². The van der Waals surface area contributed by atoms with Crippen molar-refractivity contribution in [2.45, 2.75) is 44.9 Å². The minimum absolute atomic E-state index is 0.0469. The first-order chi connectivity index (χ1) is 14.0. The lowest BCUT2D eigenvalue weighted by Crippen LogP contribution is -2.34. The number of hydrogen-bond acceptors (Lipinski definition) is 4. The van der Waals surface area contributed by atoms with Gasteiger partial charge in [0.15, 0.2) is 0 Å². The SMILES string of the molecule is CN(C)C(=O)c1ccc(CNC(=O)NCc2cccnc2OC2CCCC2)cc1. The summed E-state index contributed by atoms with van der Waals surface area (Å²) in [5.74, 6) is 0.551. The van der Waals surface area contributed by atoms with Crippen molar-refractivity contribution in [1.29, 1.82) is 0 Å². The number of pyridine rings is 1. The summed E-state index contributed by atoms with van der Waals surface area (Å²) >= 11 is 0. The van der Waals surface area contributed by atoms with Crippen molar-refractivity contribution in [3.63, 3.8) is 0 Å². The fourth-order valence-electron chi connectivity index (χ4n) is 3.27. The molecule has 29 heavy (non-hydrogen) atoms. The molecule has 3 amide bonds. The second-order valence-electron chi connectivity index (χ2n) is 7.42. The van der Waals surface area contributed by atoms with Crippen molar-refractivity contribution < 1.29 is 14.3 Å². The van der Waals surface area contributed by atoms with E-state index in [1.165, 1.54) is 17.7 Å². The summed E-state index contributed by atoms with van der Waals surface area (Å²) in [5.41, 5.74) is 2.40. The molecule has 0 bridgehead atoms. The van der Waals surface area contributed by atoms with Crippen molar-refractivity contribution in [2.75, 3.05) is 14.1 Å². The predicted molar refractivity (Wildman–Crippen MR) is 111 cm³/mol. The van der Waals surface area contributed by atoms with Gasteiger partial charge in [-0.15, -0.1) is 0 Å². The fourth-order valence-corrected chi connectivity index (χ4v) is 3.27. The highest BCUT2D eigenvalue weighted by Gasteiger charge is 2.18. The molecule has 2 N–H and O–H groups in total. The van der Waals surface area contributed by atoms with Crippen LogP contribution in [0.15, 0.2) is 42.6 Å². The molecule has 0 aliphatic heterocycles. The Bertz CT molecular complexity index is 830. The first-order valence-corrected chi connectivity index (χ1v) is 9.96. The molecule has 1 aliphatic carbocycles. The molecule has 1 fully saturated rings. The number of ether oxygens (including phenoxy) is 1. The topological polar surface area (TPSA) is 83.6 Å². The Morgan fingerprint density at radius 1 is 1.07 bits per heavy atom. The van der Waals surface area contributed by atoms with Crippen LogP contribution in [0, 0.1) is 0 Å². The summed E-state index contributed by atoms with van der Waals surface area (Å²) in [4.78, 5) is 29.9. The van der Waals surface area contributed by atoms with Crippen LogP contribution in [-0.4, -0.2) is 42.0 Å². The molecule has 2 aromatic rings. The molecule has 0 atom stereocenters. The molecule has 7 heteroatoms. The Labute approximate surface area is 171 Å². The zero-order chi connectivity index (χ0) is 20.6. The normalized spacial score (nSPS) is 13.7. The summed E-state index contributed by atoms with van der Waals surface area (Å²) in [5, 5.41) is 5.67. The van der Waals surface area contributed by atoms with Gasteiger partial charge in [0.1, 0.15) is 6.10 Å².